The molecule has 5 N–H and O–H groups in total. The second-order valence-electron chi connectivity index (χ2n) is 7.60. The third-order valence-electron chi connectivity index (χ3n) is 5.50. The van der Waals surface area contributed by atoms with Crippen LogP contribution in [0, 0.1) is 5.41 Å². The van der Waals surface area contributed by atoms with Gasteiger partial charge in [0.05, 0.1) is 6.61 Å². The maximum Gasteiger partial charge on any atom is 0.335 e. The van der Waals surface area contributed by atoms with Crippen molar-refractivity contribution in [2.45, 2.75) is 38.9 Å². The number of aliphatic hydroxyl groups excluding tert-OH is 2. The Labute approximate surface area is 196 Å². The fraction of sp³-hybridized carbons (Fsp3) is 0.478. The molecule has 0 aromatic heterocycles. The van der Waals surface area contributed by atoms with Crippen molar-refractivity contribution in [3.05, 3.63) is 35.9 Å². The number of phenols is 1. The zero-order valence-electron chi connectivity index (χ0n) is 19.1. The zero-order chi connectivity index (χ0) is 25.9. The SMILES string of the molecule is CCN(CC)CCC1(C(=O)/C=C/c2ccc(O)cc2)CCOC1=O.O=C(O)C(O)C(O)C(=O)O. The number of allylic oxidation sites excluding steroid dienone is 1. The van der Waals surface area contributed by atoms with Gasteiger partial charge in [-0.25, -0.2) is 9.59 Å². The number of hydrogen-bond acceptors (Lipinski definition) is 9. The van der Waals surface area contributed by atoms with Gasteiger partial charge in [0.1, 0.15) is 11.2 Å². The summed E-state index contributed by atoms with van der Waals surface area (Å²) < 4.78 is 5.11. The Balaban J connectivity index is 0.000000489. The van der Waals surface area contributed by atoms with Crippen molar-refractivity contribution in [3.8, 4) is 5.75 Å². The van der Waals surface area contributed by atoms with E-state index in [0.29, 0.717) is 26.0 Å². The molecule has 3 unspecified atom stereocenters. The van der Waals surface area contributed by atoms with E-state index in [-0.39, 0.29) is 11.5 Å². The van der Waals surface area contributed by atoms with Gasteiger partial charge in [-0.05, 0) is 49.8 Å². The van der Waals surface area contributed by atoms with Crippen LogP contribution in [-0.2, 0) is 23.9 Å². The van der Waals surface area contributed by atoms with Crippen LogP contribution in [0.25, 0.3) is 6.08 Å². The van der Waals surface area contributed by atoms with Crippen molar-refractivity contribution in [3.63, 3.8) is 0 Å². The third-order valence-corrected chi connectivity index (χ3v) is 5.50. The van der Waals surface area contributed by atoms with Gasteiger partial charge in [0.15, 0.2) is 18.0 Å². The quantitative estimate of drug-likeness (QED) is 0.169. The molecule has 3 atom stereocenters. The molecule has 1 aliphatic heterocycles. The summed E-state index contributed by atoms with van der Waals surface area (Å²) in [5.41, 5.74) is -0.262. The predicted octanol–water partition coefficient (Wildman–Crippen LogP) is 0.517. The molecule has 1 heterocycles. The molecule has 1 fully saturated rings. The summed E-state index contributed by atoms with van der Waals surface area (Å²) in [6.45, 7) is 6.90. The number of phenolic OH excluding ortho intramolecular Hbond substituents is 1. The number of esters is 1. The lowest BCUT2D eigenvalue weighted by Crippen LogP contribution is -2.39. The van der Waals surface area contributed by atoms with Crippen LogP contribution in [0.1, 0.15) is 32.3 Å². The summed E-state index contributed by atoms with van der Waals surface area (Å²) in [4.78, 5) is 46.7. The van der Waals surface area contributed by atoms with Gasteiger partial charge in [0.25, 0.3) is 0 Å². The Kier molecular flexibility index (Phi) is 11.4. The number of carboxylic acid groups (broad SMARTS) is 2. The Morgan fingerprint density at radius 2 is 1.59 bits per heavy atom. The molecule has 34 heavy (non-hydrogen) atoms. The smallest absolute Gasteiger partial charge is 0.335 e. The second-order valence-corrected chi connectivity index (χ2v) is 7.60. The van der Waals surface area contributed by atoms with Crippen molar-refractivity contribution >= 4 is 29.8 Å². The lowest BCUT2D eigenvalue weighted by molar-refractivity contribution is -0.165. The second kappa shape index (κ2) is 13.4. The van der Waals surface area contributed by atoms with Crippen molar-refractivity contribution in [2.75, 3.05) is 26.2 Å². The summed E-state index contributed by atoms with van der Waals surface area (Å²) in [5, 5.41) is 41.8. The van der Waals surface area contributed by atoms with Crippen LogP contribution in [0.3, 0.4) is 0 Å². The Morgan fingerprint density at radius 3 is 2.00 bits per heavy atom. The van der Waals surface area contributed by atoms with Gasteiger partial charge in [0, 0.05) is 6.42 Å². The molecular weight excluding hydrogens is 450 g/mol. The van der Waals surface area contributed by atoms with Gasteiger partial charge >= 0.3 is 17.9 Å². The fourth-order valence-corrected chi connectivity index (χ4v) is 3.21. The van der Waals surface area contributed by atoms with E-state index in [0.717, 1.165) is 18.7 Å². The van der Waals surface area contributed by atoms with E-state index in [2.05, 4.69) is 18.7 Å². The van der Waals surface area contributed by atoms with Crippen LogP contribution >= 0.6 is 0 Å². The predicted molar refractivity (Wildman–Crippen MR) is 120 cm³/mol. The molecule has 0 radical (unpaired) electrons. The minimum Gasteiger partial charge on any atom is -0.508 e. The normalized spacial score (nSPS) is 19.3. The first-order valence-electron chi connectivity index (χ1n) is 10.7. The van der Waals surface area contributed by atoms with Gasteiger partial charge in [-0.2, -0.15) is 0 Å². The summed E-state index contributed by atoms with van der Waals surface area (Å²) in [5.74, 6) is -3.97. The number of rotatable bonds is 11. The van der Waals surface area contributed by atoms with E-state index in [1.165, 1.54) is 6.08 Å². The summed E-state index contributed by atoms with van der Waals surface area (Å²) in [7, 11) is 0. The van der Waals surface area contributed by atoms with E-state index >= 15 is 0 Å². The van der Waals surface area contributed by atoms with Crippen LogP contribution in [0.2, 0.25) is 0 Å². The van der Waals surface area contributed by atoms with Crippen molar-refractivity contribution < 1.29 is 49.4 Å². The number of nitrogens with zero attached hydrogens (tertiary/aromatic N) is 1. The number of aromatic hydroxyl groups is 1. The zero-order valence-corrected chi connectivity index (χ0v) is 19.1. The molecule has 11 nitrogen and oxygen atoms in total. The lowest BCUT2D eigenvalue weighted by Gasteiger charge is -2.26. The van der Waals surface area contributed by atoms with Gasteiger partial charge < -0.3 is 35.2 Å². The average Bonchev–Trinajstić information content (AvgIpc) is 3.19. The number of benzene rings is 1. The van der Waals surface area contributed by atoms with Crippen LogP contribution in [-0.4, -0.2) is 92.6 Å². The standard InChI is InChI=1S/C19H25NO4.C4H6O6/c1-3-20(4-2)13-11-19(12-14-24-18(19)23)17(22)10-7-15-5-8-16(21)9-6-15;5-1(3(7)8)2(6)4(9)10/h5-10,21H,3-4,11-14H2,1-2H3;1-2,5-6H,(H,7,8)(H,9,10)/b10-7+;. The number of hydrogen-bond donors (Lipinski definition) is 5. The highest BCUT2D eigenvalue weighted by molar-refractivity contribution is 6.11. The largest absolute Gasteiger partial charge is 0.508 e. The molecule has 1 aliphatic rings. The number of carbonyl (C=O) groups is 4. The van der Waals surface area contributed by atoms with Crippen molar-refractivity contribution in [1.82, 2.24) is 4.90 Å². The molecule has 11 heteroatoms. The first-order chi connectivity index (χ1) is 16.0. The van der Waals surface area contributed by atoms with E-state index in [4.69, 9.17) is 25.2 Å². The molecule has 188 valence electrons. The topological polar surface area (TPSA) is 182 Å². The summed E-state index contributed by atoms with van der Waals surface area (Å²) >= 11 is 0. The van der Waals surface area contributed by atoms with E-state index in [9.17, 15) is 24.3 Å². The first kappa shape index (κ1) is 28.8. The number of ketones is 1. The highest BCUT2D eigenvalue weighted by Crippen LogP contribution is 2.36. The van der Waals surface area contributed by atoms with E-state index < -0.39 is 35.5 Å². The average molecular weight is 481 g/mol. The molecule has 0 bridgehead atoms. The monoisotopic (exact) mass is 481 g/mol. The van der Waals surface area contributed by atoms with Crippen LogP contribution in [0.4, 0.5) is 0 Å². The maximum absolute atomic E-state index is 12.8. The molecule has 1 aromatic rings. The molecule has 2 rings (SSSR count). The lowest BCUT2D eigenvalue weighted by atomic mass is 9.78. The molecule has 0 amide bonds. The number of carbonyl (C=O) groups excluding carboxylic acids is 2. The molecule has 0 spiro atoms. The number of aliphatic carboxylic acids is 2. The van der Waals surface area contributed by atoms with Crippen LogP contribution in [0.15, 0.2) is 30.3 Å². The van der Waals surface area contributed by atoms with Crippen LogP contribution < -0.4 is 0 Å². The highest BCUT2D eigenvalue weighted by Gasteiger charge is 2.49. The molecule has 0 aliphatic carbocycles. The summed E-state index contributed by atoms with van der Waals surface area (Å²) in [6, 6.07) is 6.55. The molecular formula is C23H31NO10. The number of carboxylic acids is 2. The van der Waals surface area contributed by atoms with Crippen LogP contribution in [0.5, 0.6) is 5.75 Å². The fourth-order valence-electron chi connectivity index (χ4n) is 3.21. The Bertz CT molecular complexity index is 860. The van der Waals surface area contributed by atoms with E-state index in [1.807, 2.05) is 0 Å². The first-order valence-corrected chi connectivity index (χ1v) is 10.7. The van der Waals surface area contributed by atoms with Crippen molar-refractivity contribution in [2.24, 2.45) is 5.41 Å². The Hall–Kier alpha value is -3.28. The third kappa shape index (κ3) is 7.94. The van der Waals surface area contributed by atoms with Gasteiger partial charge in [0.2, 0.25) is 0 Å². The molecule has 1 aromatic carbocycles. The highest BCUT2D eigenvalue weighted by atomic mass is 16.5. The minimum absolute atomic E-state index is 0.175. The Morgan fingerprint density at radius 1 is 1.06 bits per heavy atom. The van der Waals surface area contributed by atoms with Gasteiger partial charge in [-0.3, -0.25) is 9.59 Å². The van der Waals surface area contributed by atoms with Gasteiger partial charge in [-0.15, -0.1) is 0 Å². The minimum atomic E-state index is -2.27. The molecule has 0 saturated carbocycles. The number of cyclic esters (lactones) is 1. The summed E-state index contributed by atoms with van der Waals surface area (Å²) in [6.07, 6.45) is -0.485. The van der Waals surface area contributed by atoms with E-state index in [1.54, 1.807) is 30.3 Å². The maximum atomic E-state index is 12.8. The van der Waals surface area contributed by atoms with Crippen molar-refractivity contribution in [1.29, 1.82) is 0 Å². The molecule has 1 saturated heterocycles. The van der Waals surface area contributed by atoms with Gasteiger partial charge in [-0.1, -0.05) is 32.1 Å². The number of aliphatic hydroxyl groups is 2. The number of ether oxygens (including phenoxy) is 1.